The summed E-state index contributed by atoms with van der Waals surface area (Å²) in [6.07, 6.45) is 0. The number of amides is 2. The van der Waals surface area contributed by atoms with Gasteiger partial charge in [-0.3, -0.25) is 9.59 Å². The van der Waals surface area contributed by atoms with Crippen molar-refractivity contribution in [3.63, 3.8) is 0 Å². The van der Waals surface area contributed by atoms with E-state index in [1.54, 1.807) is 36.4 Å². The minimum atomic E-state index is -0.185. The van der Waals surface area contributed by atoms with Gasteiger partial charge in [-0.2, -0.15) is 0 Å². The first-order valence-corrected chi connectivity index (χ1v) is 11.0. The zero-order valence-corrected chi connectivity index (χ0v) is 18.3. The van der Waals surface area contributed by atoms with Crippen molar-refractivity contribution in [3.8, 4) is 0 Å². The average Bonchev–Trinajstić information content (AvgIpc) is 2.85. The summed E-state index contributed by atoms with van der Waals surface area (Å²) in [5.41, 5.74) is 3.69. The molecule has 3 aromatic rings. The molecular weight excluding hydrogens is 400 g/mol. The van der Waals surface area contributed by atoms with Gasteiger partial charge in [-0.1, -0.05) is 25.1 Å². The highest BCUT2D eigenvalue weighted by Crippen LogP contribution is 2.20. The molecule has 1 aliphatic rings. The summed E-state index contributed by atoms with van der Waals surface area (Å²) in [5, 5.41) is 5.78. The number of nitrogens with one attached hydrogen (secondary N) is 2. The van der Waals surface area contributed by atoms with E-state index in [0.717, 1.165) is 38.4 Å². The monoisotopic (exact) mass is 428 g/mol. The van der Waals surface area contributed by atoms with Crippen molar-refractivity contribution in [1.82, 2.24) is 4.90 Å². The fourth-order valence-electron chi connectivity index (χ4n) is 3.78. The number of benzene rings is 3. The summed E-state index contributed by atoms with van der Waals surface area (Å²) in [6, 6.07) is 23.9. The molecule has 0 atom stereocenters. The van der Waals surface area contributed by atoms with Crippen molar-refractivity contribution in [2.24, 2.45) is 0 Å². The zero-order chi connectivity index (χ0) is 22.3. The second-order valence-electron chi connectivity index (χ2n) is 7.82. The van der Waals surface area contributed by atoms with Gasteiger partial charge in [0.1, 0.15) is 0 Å². The Balaban J connectivity index is 1.32. The van der Waals surface area contributed by atoms with Gasteiger partial charge in [0.05, 0.1) is 0 Å². The fraction of sp³-hybridized carbons (Fsp3) is 0.231. The van der Waals surface area contributed by atoms with Crippen molar-refractivity contribution in [2.75, 3.05) is 48.3 Å². The molecule has 164 valence electrons. The number of nitrogens with zero attached hydrogens (tertiary/aromatic N) is 2. The highest BCUT2D eigenvalue weighted by molar-refractivity contribution is 6.06. The topological polar surface area (TPSA) is 64.7 Å². The van der Waals surface area contributed by atoms with Crippen LogP contribution in [0.15, 0.2) is 78.9 Å². The summed E-state index contributed by atoms with van der Waals surface area (Å²) in [5.74, 6) is -0.366. The molecule has 0 radical (unpaired) electrons. The number of piperazine rings is 1. The number of likely N-dealkylation sites (N-methyl/N-ethyl adjacent to an activating group) is 1. The first-order chi connectivity index (χ1) is 15.6. The van der Waals surface area contributed by atoms with E-state index < -0.39 is 0 Å². The van der Waals surface area contributed by atoms with Crippen LogP contribution in [0.4, 0.5) is 17.1 Å². The first kappa shape index (κ1) is 21.6. The lowest BCUT2D eigenvalue weighted by Gasteiger charge is -2.35. The van der Waals surface area contributed by atoms with Gasteiger partial charge in [0.25, 0.3) is 11.8 Å². The molecular formula is C26H28N4O2. The molecule has 3 aromatic carbocycles. The number of hydrogen-bond acceptors (Lipinski definition) is 4. The third-order valence-corrected chi connectivity index (χ3v) is 5.75. The van der Waals surface area contributed by atoms with E-state index in [2.05, 4.69) is 39.5 Å². The quantitative estimate of drug-likeness (QED) is 0.613. The third-order valence-electron chi connectivity index (χ3n) is 5.75. The van der Waals surface area contributed by atoms with Crippen LogP contribution in [-0.4, -0.2) is 49.4 Å². The smallest absolute Gasteiger partial charge is 0.255 e. The van der Waals surface area contributed by atoms with Gasteiger partial charge in [-0.15, -0.1) is 0 Å². The molecule has 1 heterocycles. The highest BCUT2D eigenvalue weighted by atomic mass is 16.2. The van der Waals surface area contributed by atoms with Gasteiger partial charge >= 0.3 is 0 Å². The molecule has 1 saturated heterocycles. The number of carbonyl (C=O) groups is 2. The van der Waals surface area contributed by atoms with Crippen molar-refractivity contribution < 1.29 is 9.59 Å². The molecule has 0 saturated carbocycles. The normalized spacial score (nSPS) is 14.1. The van der Waals surface area contributed by atoms with Crippen LogP contribution in [0.3, 0.4) is 0 Å². The molecule has 1 fully saturated rings. The highest BCUT2D eigenvalue weighted by Gasteiger charge is 2.16. The average molecular weight is 429 g/mol. The van der Waals surface area contributed by atoms with Gasteiger partial charge in [0.2, 0.25) is 0 Å². The fourth-order valence-corrected chi connectivity index (χ4v) is 3.78. The van der Waals surface area contributed by atoms with Crippen LogP contribution >= 0.6 is 0 Å². The Hall–Kier alpha value is -3.64. The molecule has 0 spiro atoms. The molecule has 2 amide bonds. The number of rotatable bonds is 6. The van der Waals surface area contributed by atoms with Crippen molar-refractivity contribution in [3.05, 3.63) is 90.0 Å². The standard InChI is InChI=1S/C26H28N4O2/c1-2-29-16-18-30(19-17-29)24-14-12-23(13-15-24)28-26(32)21-8-10-22(11-9-21)27-25(31)20-6-4-3-5-7-20/h3-15H,2,16-19H2,1H3,(H,27,31)(H,28,32). The van der Waals surface area contributed by atoms with E-state index in [1.165, 1.54) is 5.69 Å². The molecule has 4 rings (SSSR count). The van der Waals surface area contributed by atoms with Gasteiger partial charge in [-0.25, -0.2) is 0 Å². The van der Waals surface area contributed by atoms with Crippen LogP contribution in [-0.2, 0) is 0 Å². The van der Waals surface area contributed by atoms with Crippen molar-refractivity contribution in [2.45, 2.75) is 6.92 Å². The maximum atomic E-state index is 12.6. The number of anilines is 3. The Morgan fingerprint density at radius 1 is 0.688 bits per heavy atom. The predicted molar refractivity (Wildman–Crippen MR) is 130 cm³/mol. The van der Waals surface area contributed by atoms with Crippen LogP contribution in [0.5, 0.6) is 0 Å². The molecule has 2 N–H and O–H groups in total. The first-order valence-electron chi connectivity index (χ1n) is 11.0. The summed E-state index contributed by atoms with van der Waals surface area (Å²) in [7, 11) is 0. The van der Waals surface area contributed by atoms with E-state index in [4.69, 9.17) is 0 Å². The van der Waals surface area contributed by atoms with E-state index in [0.29, 0.717) is 16.8 Å². The summed E-state index contributed by atoms with van der Waals surface area (Å²) < 4.78 is 0. The van der Waals surface area contributed by atoms with E-state index in [-0.39, 0.29) is 11.8 Å². The lowest BCUT2D eigenvalue weighted by atomic mass is 10.1. The number of carbonyl (C=O) groups excluding carboxylic acids is 2. The van der Waals surface area contributed by atoms with Crippen LogP contribution in [0, 0.1) is 0 Å². The van der Waals surface area contributed by atoms with Crippen LogP contribution in [0.25, 0.3) is 0 Å². The Labute approximate surface area is 188 Å². The van der Waals surface area contributed by atoms with Gasteiger partial charge in [0.15, 0.2) is 0 Å². The third kappa shape index (κ3) is 5.34. The van der Waals surface area contributed by atoms with Crippen LogP contribution < -0.4 is 15.5 Å². The van der Waals surface area contributed by atoms with Crippen molar-refractivity contribution in [1.29, 1.82) is 0 Å². The van der Waals surface area contributed by atoms with Gasteiger partial charge < -0.3 is 20.4 Å². The summed E-state index contributed by atoms with van der Waals surface area (Å²) in [4.78, 5) is 29.7. The summed E-state index contributed by atoms with van der Waals surface area (Å²) >= 11 is 0. The Kier molecular flexibility index (Phi) is 6.82. The minimum Gasteiger partial charge on any atom is -0.369 e. The molecule has 1 aliphatic heterocycles. The van der Waals surface area contributed by atoms with E-state index >= 15 is 0 Å². The summed E-state index contributed by atoms with van der Waals surface area (Å²) in [6.45, 7) is 7.49. The van der Waals surface area contributed by atoms with Gasteiger partial charge in [0, 0.05) is 54.4 Å². The maximum absolute atomic E-state index is 12.6. The Bertz CT molecular complexity index is 1040. The van der Waals surface area contributed by atoms with Crippen LogP contribution in [0.1, 0.15) is 27.6 Å². The lowest BCUT2D eigenvalue weighted by molar-refractivity contribution is 0.102. The van der Waals surface area contributed by atoms with E-state index in [9.17, 15) is 9.59 Å². The maximum Gasteiger partial charge on any atom is 0.255 e. The van der Waals surface area contributed by atoms with Crippen molar-refractivity contribution >= 4 is 28.9 Å². The van der Waals surface area contributed by atoms with Gasteiger partial charge in [-0.05, 0) is 67.2 Å². The Morgan fingerprint density at radius 2 is 1.19 bits per heavy atom. The van der Waals surface area contributed by atoms with Crippen LogP contribution in [0.2, 0.25) is 0 Å². The minimum absolute atomic E-state index is 0.181. The molecule has 0 bridgehead atoms. The zero-order valence-electron chi connectivity index (χ0n) is 18.3. The molecule has 0 aliphatic carbocycles. The van der Waals surface area contributed by atoms with E-state index in [1.807, 2.05) is 30.3 Å². The molecule has 0 unspecified atom stereocenters. The second kappa shape index (κ2) is 10.1. The largest absolute Gasteiger partial charge is 0.369 e. The number of hydrogen-bond donors (Lipinski definition) is 2. The molecule has 6 heteroatoms. The molecule has 6 nitrogen and oxygen atoms in total. The SMILES string of the molecule is CCN1CCN(c2ccc(NC(=O)c3ccc(NC(=O)c4ccccc4)cc3)cc2)CC1. The lowest BCUT2D eigenvalue weighted by Crippen LogP contribution is -2.46. The Morgan fingerprint density at radius 3 is 1.72 bits per heavy atom. The molecule has 32 heavy (non-hydrogen) atoms. The second-order valence-corrected chi connectivity index (χ2v) is 7.82. The molecule has 0 aromatic heterocycles. The predicted octanol–water partition coefficient (Wildman–Crippen LogP) is 4.33.